The lowest BCUT2D eigenvalue weighted by Gasteiger charge is -2.33. The van der Waals surface area contributed by atoms with E-state index in [1.165, 1.54) is 6.07 Å². The smallest absolute Gasteiger partial charge is 0.336 e. The molecule has 0 spiro atoms. The average Bonchev–Trinajstić information content (AvgIpc) is 2.75. The van der Waals surface area contributed by atoms with Crippen molar-refractivity contribution < 1.29 is 23.8 Å². The van der Waals surface area contributed by atoms with Gasteiger partial charge in [0.05, 0.1) is 11.5 Å². The Morgan fingerprint density at radius 2 is 2.00 bits per heavy atom. The average molecular weight is 437 g/mol. The quantitative estimate of drug-likeness (QED) is 0.574. The van der Waals surface area contributed by atoms with Crippen molar-refractivity contribution in [1.82, 2.24) is 5.32 Å². The summed E-state index contributed by atoms with van der Waals surface area (Å²) in [7, 11) is 0. The van der Waals surface area contributed by atoms with Gasteiger partial charge in [0.25, 0.3) is 5.91 Å². The molecule has 1 unspecified atom stereocenters. The lowest BCUT2D eigenvalue weighted by Crippen LogP contribution is -2.33. The summed E-state index contributed by atoms with van der Waals surface area (Å²) in [6.07, 6.45) is 0.694. The van der Waals surface area contributed by atoms with Gasteiger partial charge in [-0.3, -0.25) is 4.79 Å². The monoisotopic (exact) mass is 437 g/mol. The summed E-state index contributed by atoms with van der Waals surface area (Å²) in [6, 6.07) is 12.3. The van der Waals surface area contributed by atoms with Gasteiger partial charge < -0.3 is 24.3 Å². The fourth-order valence-electron chi connectivity index (χ4n) is 3.93. The van der Waals surface area contributed by atoms with Crippen LogP contribution in [0, 0.1) is 6.92 Å². The second-order valence-corrected chi connectivity index (χ2v) is 8.68. The number of hydrogen-bond donors (Lipinski definition) is 2. The zero-order valence-corrected chi connectivity index (χ0v) is 18.4. The molecule has 1 aliphatic heterocycles. The minimum absolute atomic E-state index is 0.0718. The van der Waals surface area contributed by atoms with Crippen molar-refractivity contribution in [2.75, 3.05) is 13.2 Å². The van der Waals surface area contributed by atoms with Crippen LogP contribution in [0.1, 0.15) is 43.1 Å². The summed E-state index contributed by atoms with van der Waals surface area (Å²) in [6.45, 7) is 5.62. The Balaban J connectivity index is 1.54. The summed E-state index contributed by atoms with van der Waals surface area (Å²) in [5, 5.41) is 13.6. The highest BCUT2D eigenvalue weighted by molar-refractivity contribution is 5.91. The molecule has 1 aliphatic rings. The van der Waals surface area contributed by atoms with Crippen LogP contribution in [-0.4, -0.2) is 29.8 Å². The van der Waals surface area contributed by atoms with Crippen LogP contribution >= 0.6 is 0 Å². The van der Waals surface area contributed by atoms with E-state index < -0.39 is 11.7 Å². The SMILES string of the molecule is Cc1cc(=O)oc2c3c(cc(OCC(=O)NCC(O)c4ccccc4)c12)OC(C)(C)CC3. The molecule has 0 saturated heterocycles. The van der Waals surface area contributed by atoms with Gasteiger partial charge in [0.2, 0.25) is 0 Å². The van der Waals surface area contributed by atoms with E-state index in [1.807, 2.05) is 39.0 Å². The van der Waals surface area contributed by atoms with Gasteiger partial charge in [-0.2, -0.15) is 0 Å². The standard InChI is InChI=1S/C25H27NO6/c1-15-11-22(29)31-24-17-9-10-25(2,3)32-19(17)12-20(23(15)24)30-14-21(28)26-13-18(27)16-7-5-4-6-8-16/h4-8,11-12,18,27H,9-10,13-14H2,1-3H3,(H,26,28). The van der Waals surface area contributed by atoms with Crippen LogP contribution in [0.4, 0.5) is 0 Å². The summed E-state index contributed by atoms with van der Waals surface area (Å²) < 4.78 is 17.5. The van der Waals surface area contributed by atoms with Gasteiger partial charge in [-0.25, -0.2) is 4.79 Å². The van der Waals surface area contributed by atoms with E-state index in [-0.39, 0.29) is 24.7 Å². The fourth-order valence-corrected chi connectivity index (χ4v) is 3.93. The Morgan fingerprint density at radius 1 is 1.25 bits per heavy atom. The summed E-state index contributed by atoms with van der Waals surface area (Å²) in [5.74, 6) is 0.635. The lowest BCUT2D eigenvalue weighted by atomic mass is 9.92. The first-order chi connectivity index (χ1) is 15.2. The molecule has 3 aromatic rings. The van der Waals surface area contributed by atoms with Gasteiger partial charge in [0.15, 0.2) is 6.61 Å². The van der Waals surface area contributed by atoms with Gasteiger partial charge in [-0.1, -0.05) is 30.3 Å². The summed E-state index contributed by atoms with van der Waals surface area (Å²) in [5.41, 5.74) is 1.92. The van der Waals surface area contributed by atoms with E-state index in [9.17, 15) is 14.7 Å². The number of rotatable bonds is 6. The minimum Gasteiger partial charge on any atom is -0.487 e. The number of aliphatic hydroxyl groups is 1. The topological polar surface area (TPSA) is 98.0 Å². The number of amides is 1. The maximum atomic E-state index is 12.4. The van der Waals surface area contributed by atoms with Gasteiger partial charge >= 0.3 is 5.63 Å². The van der Waals surface area contributed by atoms with Gasteiger partial charge in [0.1, 0.15) is 22.7 Å². The number of ether oxygens (including phenoxy) is 2. The molecule has 7 heteroatoms. The Kier molecular flexibility index (Phi) is 5.93. The Bertz CT molecular complexity index is 1200. The first-order valence-electron chi connectivity index (χ1n) is 10.7. The molecule has 2 N–H and O–H groups in total. The molecule has 1 atom stereocenters. The van der Waals surface area contributed by atoms with Gasteiger partial charge in [-0.05, 0) is 44.7 Å². The van der Waals surface area contributed by atoms with Gasteiger partial charge in [-0.15, -0.1) is 0 Å². The van der Waals surface area contributed by atoms with Crippen LogP contribution in [0.25, 0.3) is 11.0 Å². The first kappa shape index (κ1) is 21.9. The molecule has 0 aliphatic carbocycles. The van der Waals surface area contributed by atoms with Gasteiger partial charge in [0, 0.05) is 24.2 Å². The third-order valence-corrected chi connectivity index (χ3v) is 5.64. The third kappa shape index (κ3) is 4.62. The highest BCUT2D eigenvalue weighted by Crippen LogP contribution is 2.42. The first-order valence-corrected chi connectivity index (χ1v) is 10.7. The second-order valence-electron chi connectivity index (χ2n) is 8.68. The predicted molar refractivity (Wildman–Crippen MR) is 120 cm³/mol. The molecule has 1 aromatic heterocycles. The predicted octanol–water partition coefficient (Wildman–Crippen LogP) is 3.43. The van der Waals surface area contributed by atoms with Crippen molar-refractivity contribution in [2.45, 2.75) is 45.3 Å². The van der Waals surface area contributed by atoms with Crippen LogP contribution in [0.15, 0.2) is 51.7 Å². The molecular formula is C25H27NO6. The molecule has 168 valence electrons. The summed E-state index contributed by atoms with van der Waals surface area (Å²) >= 11 is 0. The fraction of sp³-hybridized carbons (Fsp3) is 0.360. The van der Waals surface area contributed by atoms with Crippen molar-refractivity contribution in [2.24, 2.45) is 0 Å². The second kappa shape index (κ2) is 8.67. The number of nitrogens with one attached hydrogen (secondary N) is 1. The van der Waals surface area contributed by atoms with E-state index in [2.05, 4.69) is 5.32 Å². The minimum atomic E-state index is -0.808. The third-order valence-electron chi connectivity index (χ3n) is 5.64. The zero-order chi connectivity index (χ0) is 22.9. The molecule has 2 aromatic carbocycles. The number of aryl methyl sites for hydroxylation is 2. The van der Waals surface area contributed by atoms with E-state index in [0.29, 0.717) is 34.5 Å². The van der Waals surface area contributed by atoms with Crippen LogP contribution in [0.3, 0.4) is 0 Å². The number of benzene rings is 2. The molecule has 7 nitrogen and oxygen atoms in total. The molecule has 0 saturated carbocycles. The van der Waals surface area contributed by atoms with E-state index in [1.54, 1.807) is 18.2 Å². The molecule has 0 radical (unpaired) electrons. The van der Waals surface area contributed by atoms with Crippen molar-refractivity contribution in [3.8, 4) is 11.5 Å². The Morgan fingerprint density at radius 3 is 2.75 bits per heavy atom. The maximum absolute atomic E-state index is 12.4. The van der Waals surface area contributed by atoms with Crippen LogP contribution in [0.2, 0.25) is 0 Å². The molecule has 0 fully saturated rings. The molecule has 0 bridgehead atoms. The number of carbonyl (C=O) groups is 1. The zero-order valence-electron chi connectivity index (χ0n) is 18.4. The lowest BCUT2D eigenvalue weighted by molar-refractivity contribution is -0.123. The van der Waals surface area contributed by atoms with Crippen LogP contribution in [-0.2, 0) is 11.2 Å². The van der Waals surface area contributed by atoms with E-state index in [4.69, 9.17) is 13.9 Å². The number of aliphatic hydroxyl groups excluding tert-OH is 1. The summed E-state index contributed by atoms with van der Waals surface area (Å²) in [4.78, 5) is 24.4. The molecule has 1 amide bonds. The van der Waals surface area contributed by atoms with Crippen LogP contribution in [0.5, 0.6) is 11.5 Å². The Labute approximate surface area is 186 Å². The van der Waals surface area contributed by atoms with Crippen molar-refractivity contribution >= 4 is 16.9 Å². The molecule has 2 heterocycles. The van der Waals surface area contributed by atoms with E-state index >= 15 is 0 Å². The molecule has 4 rings (SSSR count). The van der Waals surface area contributed by atoms with Crippen LogP contribution < -0.4 is 20.4 Å². The largest absolute Gasteiger partial charge is 0.487 e. The normalized spacial score (nSPS) is 15.5. The van der Waals surface area contributed by atoms with Crippen molar-refractivity contribution in [3.05, 3.63) is 69.6 Å². The molecular weight excluding hydrogens is 410 g/mol. The van der Waals surface area contributed by atoms with E-state index in [0.717, 1.165) is 17.5 Å². The highest BCUT2D eigenvalue weighted by Gasteiger charge is 2.30. The highest BCUT2D eigenvalue weighted by atomic mass is 16.5. The van der Waals surface area contributed by atoms with Crippen molar-refractivity contribution in [3.63, 3.8) is 0 Å². The Hall–Kier alpha value is -3.32. The number of hydrogen-bond acceptors (Lipinski definition) is 6. The number of fused-ring (bicyclic) bond motifs is 3. The number of carbonyl (C=O) groups excluding carboxylic acids is 1. The maximum Gasteiger partial charge on any atom is 0.336 e. The van der Waals surface area contributed by atoms with Crippen molar-refractivity contribution in [1.29, 1.82) is 0 Å². The molecule has 32 heavy (non-hydrogen) atoms.